The largest absolute Gasteiger partial charge is 0.331 e. The monoisotopic (exact) mass is 324 g/mol. The number of carbonyl (C=O) groups excluding carboxylic acids is 1. The summed E-state index contributed by atoms with van der Waals surface area (Å²) in [7, 11) is -3.08. The van der Waals surface area contributed by atoms with Crippen LogP contribution in [0.25, 0.3) is 0 Å². The molecule has 0 radical (unpaired) electrons. The van der Waals surface area contributed by atoms with Crippen LogP contribution in [0, 0.1) is 13.8 Å². The van der Waals surface area contributed by atoms with Crippen LogP contribution in [0.15, 0.2) is 18.2 Å². The van der Waals surface area contributed by atoms with Gasteiger partial charge in [-0.05, 0) is 43.9 Å². The number of likely N-dealkylation sites (tertiary alicyclic amines) is 1. The number of hydrogen-bond donors (Lipinski definition) is 1. The first-order valence-corrected chi connectivity index (χ1v) is 9.46. The maximum Gasteiger partial charge on any atom is 0.317 e. The smallest absolute Gasteiger partial charge is 0.317 e. The maximum atomic E-state index is 12.3. The van der Waals surface area contributed by atoms with Gasteiger partial charge >= 0.3 is 6.03 Å². The van der Waals surface area contributed by atoms with Crippen molar-refractivity contribution >= 4 is 15.9 Å². The number of aryl methyl sites for hydroxylation is 2. The van der Waals surface area contributed by atoms with Gasteiger partial charge in [-0.1, -0.05) is 18.2 Å². The topological polar surface area (TPSA) is 66.5 Å². The van der Waals surface area contributed by atoms with Gasteiger partial charge in [0.2, 0.25) is 0 Å². The maximum absolute atomic E-state index is 12.3. The molecule has 1 heterocycles. The highest BCUT2D eigenvalue weighted by Crippen LogP contribution is 2.22. The molecule has 2 atom stereocenters. The first-order chi connectivity index (χ1) is 10.2. The summed E-state index contributed by atoms with van der Waals surface area (Å²) in [6.45, 7) is 6.78. The Morgan fingerprint density at radius 3 is 2.41 bits per heavy atom. The molecule has 1 aromatic rings. The van der Waals surface area contributed by atoms with Crippen molar-refractivity contribution in [2.75, 3.05) is 19.3 Å². The lowest BCUT2D eigenvalue weighted by Crippen LogP contribution is -2.41. The van der Waals surface area contributed by atoms with E-state index in [1.54, 1.807) is 4.90 Å². The molecule has 0 spiro atoms. The molecule has 1 saturated heterocycles. The van der Waals surface area contributed by atoms with E-state index in [1.165, 1.54) is 6.26 Å². The number of sulfone groups is 1. The van der Waals surface area contributed by atoms with Gasteiger partial charge in [0.25, 0.3) is 0 Å². The van der Waals surface area contributed by atoms with Crippen molar-refractivity contribution in [2.24, 2.45) is 0 Å². The van der Waals surface area contributed by atoms with Crippen molar-refractivity contribution in [3.63, 3.8) is 0 Å². The molecule has 2 amide bonds. The molecule has 5 nitrogen and oxygen atoms in total. The first kappa shape index (κ1) is 16.8. The lowest BCUT2D eigenvalue weighted by atomic mass is 9.97. The molecule has 6 heteroatoms. The summed E-state index contributed by atoms with van der Waals surface area (Å²) in [5, 5.41) is 2.55. The van der Waals surface area contributed by atoms with Crippen LogP contribution in [0.2, 0.25) is 0 Å². The molecule has 1 aromatic carbocycles. The molecule has 0 aromatic heterocycles. The molecule has 1 aliphatic heterocycles. The first-order valence-electron chi connectivity index (χ1n) is 7.50. The van der Waals surface area contributed by atoms with Crippen LogP contribution in [0.5, 0.6) is 0 Å². The summed E-state index contributed by atoms with van der Waals surface area (Å²) >= 11 is 0. The number of amides is 2. The van der Waals surface area contributed by atoms with Crippen molar-refractivity contribution in [1.29, 1.82) is 0 Å². The number of rotatable bonds is 3. The summed E-state index contributed by atoms with van der Waals surface area (Å²) in [5.74, 6) is 0. The molecule has 0 unspecified atom stereocenters. The number of urea groups is 1. The second-order valence-corrected chi connectivity index (χ2v) is 8.49. The third-order valence-corrected chi connectivity index (χ3v) is 5.95. The average molecular weight is 324 g/mol. The Morgan fingerprint density at radius 2 is 1.91 bits per heavy atom. The van der Waals surface area contributed by atoms with Crippen LogP contribution in [0.1, 0.15) is 36.1 Å². The zero-order chi connectivity index (χ0) is 16.5. The highest BCUT2D eigenvalue weighted by Gasteiger charge is 2.33. The van der Waals surface area contributed by atoms with Gasteiger partial charge in [0.1, 0.15) is 0 Å². The Labute approximate surface area is 132 Å². The van der Waals surface area contributed by atoms with Gasteiger partial charge in [-0.25, -0.2) is 13.2 Å². The minimum Gasteiger partial charge on any atom is -0.331 e. The fourth-order valence-corrected chi connectivity index (χ4v) is 4.11. The van der Waals surface area contributed by atoms with E-state index in [0.29, 0.717) is 13.0 Å². The van der Waals surface area contributed by atoms with Gasteiger partial charge in [0.15, 0.2) is 9.84 Å². The van der Waals surface area contributed by atoms with Crippen LogP contribution < -0.4 is 5.32 Å². The van der Waals surface area contributed by atoms with Gasteiger partial charge in [-0.2, -0.15) is 0 Å². The van der Waals surface area contributed by atoms with E-state index in [0.717, 1.165) is 16.7 Å². The molecular formula is C16H24N2O3S. The van der Waals surface area contributed by atoms with E-state index in [2.05, 4.69) is 5.32 Å². The van der Waals surface area contributed by atoms with Crippen LogP contribution in [-0.4, -0.2) is 43.9 Å². The Morgan fingerprint density at radius 1 is 1.32 bits per heavy atom. The summed E-state index contributed by atoms with van der Waals surface area (Å²) in [6, 6.07) is 5.76. The van der Waals surface area contributed by atoms with Gasteiger partial charge in [-0.3, -0.25) is 0 Å². The minimum atomic E-state index is -3.08. The second-order valence-electron chi connectivity index (χ2n) is 6.16. The average Bonchev–Trinajstić information content (AvgIpc) is 2.87. The van der Waals surface area contributed by atoms with Crippen molar-refractivity contribution in [3.05, 3.63) is 34.9 Å². The molecular weight excluding hydrogens is 300 g/mol. The Hall–Kier alpha value is -1.56. The normalized spacial score (nSPS) is 20.0. The highest BCUT2D eigenvalue weighted by atomic mass is 32.2. The quantitative estimate of drug-likeness (QED) is 0.927. The molecule has 1 fully saturated rings. The van der Waals surface area contributed by atoms with E-state index in [-0.39, 0.29) is 18.6 Å². The molecule has 0 saturated carbocycles. The van der Waals surface area contributed by atoms with E-state index < -0.39 is 15.1 Å². The predicted molar refractivity (Wildman–Crippen MR) is 87.7 cm³/mol. The van der Waals surface area contributed by atoms with Crippen molar-refractivity contribution < 1.29 is 13.2 Å². The number of benzene rings is 1. The summed E-state index contributed by atoms with van der Waals surface area (Å²) in [4.78, 5) is 13.9. The zero-order valence-corrected chi connectivity index (χ0v) is 14.4. The fourth-order valence-electron chi connectivity index (χ4n) is 3.12. The number of carbonyl (C=O) groups is 1. The predicted octanol–water partition coefficient (Wildman–Crippen LogP) is 2.19. The van der Waals surface area contributed by atoms with Crippen LogP contribution in [0.4, 0.5) is 4.79 Å². The van der Waals surface area contributed by atoms with Gasteiger partial charge in [-0.15, -0.1) is 0 Å². The Kier molecular flexibility index (Phi) is 4.80. The number of hydrogen-bond acceptors (Lipinski definition) is 3. The lowest BCUT2D eigenvalue weighted by Gasteiger charge is -2.23. The fraction of sp³-hybridized carbons (Fsp3) is 0.562. The van der Waals surface area contributed by atoms with Crippen molar-refractivity contribution in [1.82, 2.24) is 10.2 Å². The lowest BCUT2D eigenvalue weighted by molar-refractivity contribution is 0.205. The molecule has 1 aliphatic rings. The minimum absolute atomic E-state index is 0.106. The van der Waals surface area contributed by atoms with E-state index >= 15 is 0 Å². The van der Waals surface area contributed by atoms with Crippen molar-refractivity contribution in [2.45, 2.75) is 38.5 Å². The molecule has 2 rings (SSSR count). The van der Waals surface area contributed by atoms with E-state index in [1.807, 2.05) is 39.0 Å². The zero-order valence-electron chi connectivity index (χ0n) is 13.6. The third kappa shape index (κ3) is 3.61. The SMILES string of the molecule is Cc1cccc(C)c1[C@@H](C)NC(=O)N1CC[C@@H](S(C)(=O)=O)C1. The van der Waals surface area contributed by atoms with Gasteiger partial charge < -0.3 is 10.2 Å². The van der Waals surface area contributed by atoms with E-state index in [4.69, 9.17) is 0 Å². The van der Waals surface area contributed by atoms with Crippen molar-refractivity contribution in [3.8, 4) is 0 Å². The van der Waals surface area contributed by atoms with Gasteiger partial charge in [0, 0.05) is 19.3 Å². The molecule has 122 valence electrons. The third-order valence-electron chi connectivity index (χ3n) is 4.35. The second kappa shape index (κ2) is 6.28. The summed E-state index contributed by atoms with van der Waals surface area (Å²) < 4.78 is 23.2. The van der Waals surface area contributed by atoms with Crippen LogP contribution in [-0.2, 0) is 9.84 Å². The molecule has 0 aliphatic carbocycles. The number of nitrogens with one attached hydrogen (secondary N) is 1. The Balaban J connectivity index is 2.04. The summed E-state index contributed by atoms with van der Waals surface area (Å²) in [6.07, 6.45) is 1.75. The number of nitrogens with zero attached hydrogens (tertiary/aromatic N) is 1. The van der Waals surface area contributed by atoms with E-state index in [9.17, 15) is 13.2 Å². The molecule has 1 N–H and O–H groups in total. The van der Waals surface area contributed by atoms with Crippen LogP contribution >= 0.6 is 0 Å². The Bertz CT molecular complexity index is 650. The molecule has 0 bridgehead atoms. The highest BCUT2D eigenvalue weighted by molar-refractivity contribution is 7.91. The molecule has 22 heavy (non-hydrogen) atoms. The van der Waals surface area contributed by atoms with Gasteiger partial charge in [0.05, 0.1) is 11.3 Å². The standard InChI is InChI=1S/C16H24N2O3S/c1-11-6-5-7-12(2)15(11)13(3)17-16(19)18-9-8-14(10-18)22(4,20)21/h5-7,13-14H,8-10H2,1-4H3,(H,17,19)/t13-,14-/m1/s1. The van der Waals surface area contributed by atoms with Crippen LogP contribution in [0.3, 0.4) is 0 Å². The summed E-state index contributed by atoms with van der Waals surface area (Å²) in [5.41, 5.74) is 3.40.